The van der Waals surface area contributed by atoms with E-state index in [0.717, 1.165) is 17.0 Å². The van der Waals surface area contributed by atoms with Crippen LogP contribution in [0.4, 0.5) is 23.7 Å². The first-order chi connectivity index (χ1) is 9.38. The van der Waals surface area contributed by atoms with E-state index < -0.39 is 17.8 Å². The van der Waals surface area contributed by atoms with Gasteiger partial charge in [0.15, 0.2) is 0 Å². The number of nitrogens with one attached hydrogen (secondary N) is 2. The molecule has 0 bridgehead atoms. The van der Waals surface area contributed by atoms with Gasteiger partial charge in [0, 0.05) is 18.8 Å². The highest BCUT2D eigenvalue weighted by Crippen LogP contribution is 2.29. The molecule has 1 aromatic carbocycles. The van der Waals surface area contributed by atoms with Gasteiger partial charge < -0.3 is 10.6 Å². The summed E-state index contributed by atoms with van der Waals surface area (Å²) in [6.07, 6.45) is -4.36. The Morgan fingerprint density at radius 1 is 1.20 bits per heavy atom. The third-order valence-electron chi connectivity index (χ3n) is 2.81. The number of rotatable bonds is 4. The minimum atomic E-state index is -4.36. The Morgan fingerprint density at radius 3 is 2.35 bits per heavy atom. The van der Waals surface area contributed by atoms with E-state index in [1.165, 1.54) is 12.1 Å². The van der Waals surface area contributed by atoms with Gasteiger partial charge in [-0.25, -0.2) is 4.79 Å². The third kappa shape index (κ3) is 3.19. The highest BCUT2D eigenvalue weighted by Gasteiger charge is 2.30. The van der Waals surface area contributed by atoms with Gasteiger partial charge in [-0.3, -0.25) is 9.69 Å². The maximum atomic E-state index is 12.4. The fourth-order valence-electron chi connectivity index (χ4n) is 1.77. The summed E-state index contributed by atoms with van der Waals surface area (Å²) in [5, 5.41) is 5.23. The molecule has 0 saturated carbocycles. The quantitative estimate of drug-likeness (QED) is 0.828. The number of nitrogens with zero attached hydrogens (tertiary/aromatic N) is 1. The highest BCUT2D eigenvalue weighted by molar-refractivity contribution is 6.01. The molecule has 20 heavy (non-hydrogen) atoms. The zero-order chi connectivity index (χ0) is 14.8. The number of anilines is 1. The second kappa shape index (κ2) is 5.40. The second-order valence-corrected chi connectivity index (χ2v) is 4.21. The Morgan fingerprint density at radius 2 is 1.85 bits per heavy atom. The molecule has 3 amide bonds. The minimum absolute atomic E-state index is 0.0148. The SMILES string of the molecule is O=C1CNC(=O)N1CCNc1ccc(C(F)(F)F)cc1. The van der Waals surface area contributed by atoms with Crippen molar-refractivity contribution in [2.24, 2.45) is 0 Å². The van der Waals surface area contributed by atoms with E-state index in [2.05, 4.69) is 10.6 Å². The predicted octanol–water partition coefficient (Wildman–Crippen LogP) is 1.67. The summed E-state index contributed by atoms with van der Waals surface area (Å²) in [5.41, 5.74) is -0.234. The van der Waals surface area contributed by atoms with Gasteiger partial charge in [0.2, 0.25) is 5.91 Å². The standard InChI is InChI=1S/C12H12F3N3O2/c13-12(14,15)8-1-3-9(4-2-8)16-5-6-18-10(19)7-17-11(18)20/h1-4,16H,5-7H2,(H,17,20). The van der Waals surface area contributed by atoms with Crippen LogP contribution in [0.5, 0.6) is 0 Å². The zero-order valence-corrected chi connectivity index (χ0v) is 10.3. The van der Waals surface area contributed by atoms with Crippen LogP contribution >= 0.6 is 0 Å². The highest BCUT2D eigenvalue weighted by atomic mass is 19.4. The maximum Gasteiger partial charge on any atom is 0.416 e. The summed E-state index contributed by atoms with van der Waals surface area (Å²) in [4.78, 5) is 23.5. The maximum absolute atomic E-state index is 12.4. The molecule has 0 aromatic heterocycles. The molecular formula is C12H12F3N3O2. The lowest BCUT2D eigenvalue weighted by Gasteiger charge is -2.14. The van der Waals surface area contributed by atoms with Gasteiger partial charge in [-0.1, -0.05) is 0 Å². The molecule has 108 valence electrons. The smallest absolute Gasteiger partial charge is 0.383 e. The van der Waals surface area contributed by atoms with Crippen molar-refractivity contribution in [3.63, 3.8) is 0 Å². The number of imide groups is 1. The summed E-state index contributed by atoms with van der Waals surface area (Å²) in [6.45, 7) is 0.412. The van der Waals surface area contributed by atoms with Crippen LogP contribution in [-0.4, -0.2) is 36.5 Å². The third-order valence-corrected chi connectivity index (χ3v) is 2.81. The normalized spacial score (nSPS) is 15.4. The van der Waals surface area contributed by atoms with Gasteiger partial charge in [0.25, 0.3) is 0 Å². The van der Waals surface area contributed by atoms with Gasteiger partial charge in [0.1, 0.15) is 0 Å². The molecule has 2 rings (SSSR count). The van der Waals surface area contributed by atoms with Crippen molar-refractivity contribution in [2.45, 2.75) is 6.18 Å². The first-order valence-electron chi connectivity index (χ1n) is 5.87. The van der Waals surface area contributed by atoms with E-state index in [4.69, 9.17) is 0 Å². The Kier molecular flexibility index (Phi) is 3.82. The molecule has 0 atom stereocenters. The van der Waals surface area contributed by atoms with Crippen LogP contribution in [0.2, 0.25) is 0 Å². The molecule has 1 aliphatic heterocycles. The Balaban J connectivity index is 1.85. The van der Waals surface area contributed by atoms with Crippen LogP contribution in [0.25, 0.3) is 0 Å². The Bertz CT molecular complexity index is 498. The summed E-state index contributed by atoms with van der Waals surface area (Å²) < 4.78 is 37.1. The molecule has 1 aromatic rings. The van der Waals surface area contributed by atoms with E-state index in [1.54, 1.807) is 0 Å². The molecule has 5 nitrogen and oxygen atoms in total. The number of alkyl halides is 3. The zero-order valence-electron chi connectivity index (χ0n) is 10.3. The molecule has 1 fully saturated rings. The number of carbonyl (C=O) groups is 2. The summed E-state index contributed by atoms with van der Waals surface area (Å²) in [5.74, 6) is -0.316. The average molecular weight is 287 g/mol. The van der Waals surface area contributed by atoms with Crippen LogP contribution in [0.15, 0.2) is 24.3 Å². The molecule has 0 radical (unpaired) electrons. The number of amides is 3. The summed E-state index contributed by atoms with van der Waals surface area (Å²) in [7, 11) is 0. The molecule has 0 unspecified atom stereocenters. The first-order valence-corrected chi connectivity index (χ1v) is 5.87. The van der Waals surface area contributed by atoms with Crippen molar-refractivity contribution in [2.75, 3.05) is 25.0 Å². The molecular weight excluding hydrogens is 275 g/mol. The van der Waals surface area contributed by atoms with E-state index in [1.807, 2.05) is 0 Å². The molecule has 1 saturated heterocycles. The Labute approximate surface area is 112 Å². The van der Waals surface area contributed by atoms with Crippen LogP contribution in [0, 0.1) is 0 Å². The van der Waals surface area contributed by atoms with Gasteiger partial charge in [-0.2, -0.15) is 13.2 Å². The average Bonchev–Trinajstić information content (AvgIpc) is 2.70. The monoisotopic (exact) mass is 287 g/mol. The van der Waals surface area contributed by atoms with Crippen molar-refractivity contribution in [1.29, 1.82) is 0 Å². The first kappa shape index (κ1) is 14.2. The molecule has 2 N–H and O–H groups in total. The minimum Gasteiger partial charge on any atom is -0.383 e. The molecule has 0 spiro atoms. The van der Waals surface area contributed by atoms with Crippen molar-refractivity contribution >= 4 is 17.6 Å². The van der Waals surface area contributed by atoms with E-state index >= 15 is 0 Å². The van der Waals surface area contributed by atoms with Crippen molar-refractivity contribution in [3.05, 3.63) is 29.8 Å². The number of hydrogen-bond acceptors (Lipinski definition) is 3. The Hall–Kier alpha value is -2.25. The van der Waals surface area contributed by atoms with Crippen LogP contribution in [0.1, 0.15) is 5.56 Å². The summed E-state index contributed by atoms with van der Waals surface area (Å²) in [6, 6.07) is 4.08. The predicted molar refractivity (Wildman–Crippen MR) is 65.0 cm³/mol. The number of carbonyl (C=O) groups excluding carboxylic acids is 2. The van der Waals surface area contributed by atoms with E-state index in [9.17, 15) is 22.8 Å². The fraction of sp³-hybridized carbons (Fsp3) is 0.333. The number of benzene rings is 1. The van der Waals surface area contributed by atoms with Gasteiger partial charge in [0.05, 0.1) is 12.1 Å². The van der Waals surface area contributed by atoms with E-state index in [0.29, 0.717) is 5.69 Å². The lowest BCUT2D eigenvalue weighted by Crippen LogP contribution is -2.35. The number of halogens is 3. The topological polar surface area (TPSA) is 61.4 Å². The van der Waals surface area contributed by atoms with Gasteiger partial charge in [-0.05, 0) is 24.3 Å². The second-order valence-electron chi connectivity index (χ2n) is 4.21. The van der Waals surface area contributed by atoms with Crippen molar-refractivity contribution in [3.8, 4) is 0 Å². The molecule has 1 aliphatic rings. The van der Waals surface area contributed by atoms with Crippen LogP contribution < -0.4 is 10.6 Å². The largest absolute Gasteiger partial charge is 0.416 e. The summed E-state index contributed by atoms with van der Waals surface area (Å²) >= 11 is 0. The van der Waals surface area contributed by atoms with Crippen LogP contribution in [0.3, 0.4) is 0 Å². The van der Waals surface area contributed by atoms with Crippen molar-refractivity contribution in [1.82, 2.24) is 10.2 Å². The van der Waals surface area contributed by atoms with Crippen molar-refractivity contribution < 1.29 is 22.8 Å². The molecule has 1 heterocycles. The van der Waals surface area contributed by atoms with Gasteiger partial charge >= 0.3 is 12.2 Å². The number of hydrogen-bond donors (Lipinski definition) is 2. The molecule has 0 aliphatic carbocycles. The van der Waals surface area contributed by atoms with Gasteiger partial charge in [-0.15, -0.1) is 0 Å². The lowest BCUT2D eigenvalue weighted by molar-refractivity contribution is -0.137. The van der Waals surface area contributed by atoms with E-state index in [-0.39, 0.29) is 25.5 Å². The number of urea groups is 1. The van der Waals surface area contributed by atoms with Crippen LogP contribution in [-0.2, 0) is 11.0 Å². The fourth-order valence-corrected chi connectivity index (χ4v) is 1.77. The molecule has 8 heteroatoms. The lowest BCUT2D eigenvalue weighted by atomic mass is 10.2.